The molecule has 2 aromatic heterocycles. The molecule has 1 aromatic carbocycles. The monoisotopic (exact) mass is 262 g/mol. The van der Waals surface area contributed by atoms with E-state index in [1.165, 1.54) is 18.5 Å². The Morgan fingerprint density at radius 2 is 2.17 bits per heavy atom. The van der Waals surface area contributed by atoms with Crippen LogP contribution in [0.25, 0.3) is 21.9 Å². The van der Waals surface area contributed by atoms with Gasteiger partial charge in [0.05, 0.1) is 10.4 Å². The summed E-state index contributed by atoms with van der Waals surface area (Å²) in [6.07, 6.45) is 1.35. The Bertz CT molecular complexity index is 796. The van der Waals surface area contributed by atoms with Crippen molar-refractivity contribution in [2.45, 2.75) is 0 Å². The smallest absolute Gasteiger partial charge is 0.270 e. The van der Waals surface area contributed by atoms with Crippen LogP contribution in [-0.2, 0) is 7.05 Å². The molecule has 18 heavy (non-hydrogen) atoms. The van der Waals surface area contributed by atoms with Gasteiger partial charge in [0.1, 0.15) is 17.4 Å². The van der Waals surface area contributed by atoms with Crippen LogP contribution in [0.2, 0.25) is 5.15 Å². The molecular weight excluding hydrogens is 256 g/mol. The van der Waals surface area contributed by atoms with E-state index in [0.29, 0.717) is 21.6 Å². The Labute approximate surface area is 106 Å². The minimum Gasteiger partial charge on any atom is -0.340 e. The summed E-state index contributed by atoms with van der Waals surface area (Å²) in [6, 6.07) is 4.65. The van der Waals surface area contributed by atoms with Gasteiger partial charge in [-0.1, -0.05) is 11.6 Å². The Hall–Kier alpha value is -2.21. The SMILES string of the molecule is Cn1c2ccc([N+](=O)[O-])cc2c2ncnc(Cl)c21. The lowest BCUT2D eigenvalue weighted by atomic mass is 10.2. The Kier molecular flexibility index (Phi) is 2.21. The number of aryl methyl sites for hydroxylation is 1. The molecule has 0 radical (unpaired) electrons. The molecule has 0 aliphatic rings. The molecule has 0 unspecified atom stereocenters. The second-order valence-corrected chi connectivity index (χ2v) is 4.24. The molecule has 3 rings (SSSR count). The Morgan fingerprint density at radius 1 is 1.39 bits per heavy atom. The molecule has 0 saturated carbocycles. The third-order valence-electron chi connectivity index (χ3n) is 2.92. The van der Waals surface area contributed by atoms with Gasteiger partial charge < -0.3 is 4.57 Å². The lowest BCUT2D eigenvalue weighted by molar-refractivity contribution is -0.384. The summed E-state index contributed by atoms with van der Waals surface area (Å²) >= 11 is 6.03. The highest BCUT2D eigenvalue weighted by Crippen LogP contribution is 2.31. The first-order valence-electron chi connectivity index (χ1n) is 5.12. The average Bonchev–Trinajstić information content (AvgIpc) is 2.64. The number of nitro benzene ring substituents is 1. The van der Waals surface area contributed by atoms with Gasteiger partial charge in [0.2, 0.25) is 0 Å². The zero-order chi connectivity index (χ0) is 12.9. The molecule has 7 heteroatoms. The van der Waals surface area contributed by atoms with Crippen molar-refractivity contribution in [3.05, 3.63) is 39.8 Å². The van der Waals surface area contributed by atoms with Gasteiger partial charge >= 0.3 is 0 Å². The summed E-state index contributed by atoms with van der Waals surface area (Å²) in [5.41, 5.74) is 2.16. The highest BCUT2D eigenvalue weighted by Gasteiger charge is 2.16. The number of nitro groups is 1. The molecule has 0 amide bonds. The first-order chi connectivity index (χ1) is 8.59. The molecule has 6 nitrogen and oxygen atoms in total. The van der Waals surface area contributed by atoms with Crippen molar-refractivity contribution in [1.29, 1.82) is 0 Å². The highest BCUT2D eigenvalue weighted by molar-refractivity contribution is 6.34. The fraction of sp³-hybridized carbons (Fsp3) is 0.0909. The van der Waals surface area contributed by atoms with Gasteiger partial charge in [-0.2, -0.15) is 0 Å². The first-order valence-corrected chi connectivity index (χ1v) is 5.50. The standard InChI is InChI=1S/C11H7ClN4O2/c1-15-8-3-2-6(16(17)18)4-7(8)9-10(15)11(12)14-5-13-9/h2-5H,1H3. The van der Waals surface area contributed by atoms with E-state index in [1.54, 1.807) is 6.07 Å². The maximum atomic E-state index is 10.8. The van der Waals surface area contributed by atoms with Gasteiger partial charge in [-0.25, -0.2) is 9.97 Å². The fourth-order valence-corrected chi connectivity index (χ4v) is 2.35. The maximum Gasteiger partial charge on any atom is 0.270 e. The molecule has 0 N–H and O–H groups in total. The molecule has 0 atom stereocenters. The van der Waals surface area contributed by atoms with Crippen molar-refractivity contribution in [3.63, 3.8) is 0 Å². The van der Waals surface area contributed by atoms with Gasteiger partial charge in [-0.05, 0) is 6.07 Å². The number of halogens is 1. The lowest BCUT2D eigenvalue weighted by Crippen LogP contribution is -1.90. The van der Waals surface area contributed by atoms with E-state index in [-0.39, 0.29) is 5.69 Å². The van der Waals surface area contributed by atoms with Crippen molar-refractivity contribution < 1.29 is 4.92 Å². The topological polar surface area (TPSA) is 73.8 Å². The van der Waals surface area contributed by atoms with Crippen LogP contribution in [0.1, 0.15) is 0 Å². The predicted molar refractivity (Wildman–Crippen MR) is 67.7 cm³/mol. The number of fused-ring (bicyclic) bond motifs is 3. The summed E-state index contributed by atoms with van der Waals surface area (Å²) in [5, 5.41) is 11.8. The van der Waals surface area contributed by atoms with Crippen molar-refractivity contribution in [2.75, 3.05) is 0 Å². The molecule has 0 aliphatic heterocycles. The van der Waals surface area contributed by atoms with Gasteiger partial charge in [0.15, 0.2) is 5.15 Å². The second kappa shape index (κ2) is 3.64. The van der Waals surface area contributed by atoms with E-state index in [4.69, 9.17) is 11.6 Å². The minimum atomic E-state index is -0.429. The van der Waals surface area contributed by atoms with Crippen LogP contribution >= 0.6 is 11.6 Å². The van der Waals surface area contributed by atoms with E-state index in [1.807, 2.05) is 11.6 Å². The van der Waals surface area contributed by atoms with Crippen LogP contribution in [0.5, 0.6) is 0 Å². The van der Waals surface area contributed by atoms with Gasteiger partial charge in [0.25, 0.3) is 5.69 Å². The van der Waals surface area contributed by atoms with Gasteiger partial charge in [-0.3, -0.25) is 10.1 Å². The van der Waals surface area contributed by atoms with E-state index in [2.05, 4.69) is 9.97 Å². The number of benzene rings is 1. The molecule has 0 spiro atoms. The lowest BCUT2D eigenvalue weighted by Gasteiger charge is -1.97. The first kappa shape index (κ1) is 10.9. The van der Waals surface area contributed by atoms with Crippen molar-refractivity contribution >= 4 is 39.2 Å². The average molecular weight is 263 g/mol. The van der Waals surface area contributed by atoms with Crippen LogP contribution in [0.15, 0.2) is 24.5 Å². The fourth-order valence-electron chi connectivity index (χ4n) is 2.09. The summed E-state index contributed by atoms with van der Waals surface area (Å²) < 4.78 is 1.83. The van der Waals surface area contributed by atoms with E-state index >= 15 is 0 Å². The Morgan fingerprint density at radius 3 is 2.89 bits per heavy atom. The van der Waals surface area contributed by atoms with Crippen LogP contribution in [0.4, 0.5) is 5.69 Å². The van der Waals surface area contributed by atoms with Crippen molar-refractivity contribution in [2.24, 2.45) is 7.05 Å². The highest BCUT2D eigenvalue weighted by atomic mass is 35.5. The van der Waals surface area contributed by atoms with E-state index in [0.717, 1.165) is 5.52 Å². The van der Waals surface area contributed by atoms with Crippen LogP contribution < -0.4 is 0 Å². The zero-order valence-electron chi connectivity index (χ0n) is 9.29. The molecule has 0 fully saturated rings. The van der Waals surface area contributed by atoms with Crippen molar-refractivity contribution in [3.8, 4) is 0 Å². The molecule has 2 heterocycles. The molecule has 90 valence electrons. The largest absolute Gasteiger partial charge is 0.340 e. The summed E-state index contributed by atoms with van der Waals surface area (Å²) in [4.78, 5) is 18.4. The number of rotatable bonds is 1. The number of aromatic nitrogens is 3. The molecule has 0 saturated heterocycles. The van der Waals surface area contributed by atoms with E-state index < -0.39 is 4.92 Å². The molecular formula is C11H7ClN4O2. The molecule has 0 aliphatic carbocycles. The third-order valence-corrected chi connectivity index (χ3v) is 3.20. The minimum absolute atomic E-state index is 0.0322. The second-order valence-electron chi connectivity index (χ2n) is 3.88. The number of nitrogens with zero attached hydrogens (tertiary/aromatic N) is 4. The number of hydrogen-bond donors (Lipinski definition) is 0. The van der Waals surface area contributed by atoms with Crippen LogP contribution in [0.3, 0.4) is 0 Å². The summed E-state index contributed by atoms with van der Waals surface area (Å²) in [6.45, 7) is 0. The van der Waals surface area contributed by atoms with Crippen LogP contribution in [-0.4, -0.2) is 19.5 Å². The summed E-state index contributed by atoms with van der Waals surface area (Å²) in [5.74, 6) is 0. The van der Waals surface area contributed by atoms with Crippen LogP contribution in [0, 0.1) is 10.1 Å². The molecule has 3 aromatic rings. The van der Waals surface area contributed by atoms with Gasteiger partial charge in [0, 0.05) is 24.6 Å². The molecule has 0 bridgehead atoms. The van der Waals surface area contributed by atoms with Gasteiger partial charge in [-0.15, -0.1) is 0 Å². The maximum absolute atomic E-state index is 10.8. The zero-order valence-corrected chi connectivity index (χ0v) is 10.0. The third kappa shape index (κ3) is 1.36. The quantitative estimate of drug-likeness (QED) is 0.384. The van der Waals surface area contributed by atoms with Crippen molar-refractivity contribution in [1.82, 2.24) is 14.5 Å². The summed E-state index contributed by atoms with van der Waals surface area (Å²) in [7, 11) is 1.83. The normalized spacial score (nSPS) is 11.2. The number of non-ortho nitro benzene ring substituents is 1. The Balaban J connectivity index is 2.53. The predicted octanol–water partition coefficient (Wildman–Crippen LogP) is 2.68. The van der Waals surface area contributed by atoms with E-state index in [9.17, 15) is 10.1 Å². The number of hydrogen-bond acceptors (Lipinski definition) is 4.